The molecule has 0 N–H and O–H groups in total. The second-order valence-electron chi connectivity index (χ2n) is 5.78. The highest BCUT2D eigenvalue weighted by Crippen LogP contribution is 2.27. The fourth-order valence-corrected chi connectivity index (χ4v) is 2.43. The lowest BCUT2D eigenvalue weighted by Crippen LogP contribution is -2.40. The first-order valence-electron chi connectivity index (χ1n) is 8.35. The predicted octanol–water partition coefficient (Wildman–Crippen LogP) is 4.30. The second kappa shape index (κ2) is 8.96. The summed E-state index contributed by atoms with van der Waals surface area (Å²) < 4.78 is 11.4. The van der Waals surface area contributed by atoms with Crippen molar-refractivity contribution in [1.82, 2.24) is 0 Å². The quantitative estimate of drug-likeness (QED) is 0.726. The lowest BCUT2D eigenvalue weighted by Gasteiger charge is -2.27. The molecule has 2 aromatic carbocycles. The van der Waals surface area contributed by atoms with E-state index in [1.54, 1.807) is 4.90 Å². The molecule has 0 spiro atoms. The van der Waals surface area contributed by atoms with E-state index in [1.807, 2.05) is 75.4 Å². The molecule has 4 nitrogen and oxygen atoms in total. The van der Waals surface area contributed by atoms with Crippen molar-refractivity contribution in [3.63, 3.8) is 0 Å². The Labute approximate surface area is 144 Å². The molecule has 1 amide bonds. The van der Waals surface area contributed by atoms with Crippen molar-refractivity contribution in [1.29, 1.82) is 0 Å². The summed E-state index contributed by atoms with van der Waals surface area (Å²) in [7, 11) is 0. The summed E-state index contributed by atoms with van der Waals surface area (Å²) in [6.45, 7) is 6.62. The Morgan fingerprint density at radius 3 is 2.12 bits per heavy atom. The molecule has 4 heteroatoms. The molecular formula is C20H25NO3. The van der Waals surface area contributed by atoms with Crippen LogP contribution in [0.25, 0.3) is 0 Å². The summed E-state index contributed by atoms with van der Waals surface area (Å²) in [4.78, 5) is 14.4. The number of carbonyl (C=O) groups is 1. The van der Waals surface area contributed by atoms with Gasteiger partial charge >= 0.3 is 0 Å². The van der Waals surface area contributed by atoms with Gasteiger partial charge < -0.3 is 14.4 Å². The van der Waals surface area contributed by atoms with Gasteiger partial charge in [0.1, 0.15) is 0 Å². The summed E-state index contributed by atoms with van der Waals surface area (Å²) in [6.07, 6.45) is 0.919. The van der Waals surface area contributed by atoms with Crippen molar-refractivity contribution in [2.24, 2.45) is 0 Å². The van der Waals surface area contributed by atoms with Crippen molar-refractivity contribution >= 4 is 11.6 Å². The lowest BCUT2D eigenvalue weighted by molar-refractivity contribution is -0.120. The highest BCUT2D eigenvalue weighted by molar-refractivity contribution is 5.94. The van der Waals surface area contributed by atoms with Gasteiger partial charge in [-0.1, -0.05) is 37.3 Å². The van der Waals surface area contributed by atoms with Crippen LogP contribution in [0.3, 0.4) is 0 Å². The first kappa shape index (κ1) is 17.9. The minimum Gasteiger partial charge on any atom is -0.490 e. The molecule has 0 aliphatic rings. The van der Waals surface area contributed by atoms with Crippen LogP contribution in [0.2, 0.25) is 0 Å². The average Bonchev–Trinajstić information content (AvgIpc) is 2.59. The largest absolute Gasteiger partial charge is 0.490 e. The van der Waals surface area contributed by atoms with Gasteiger partial charge in [0, 0.05) is 11.7 Å². The minimum atomic E-state index is -0.0819. The van der Waals surface area contributed by atoms with Gasteiger partial charge in [0.2, 0.25) is 0 Å². The molecule has 24 heavy (non-hydrogen) atoms. The van der Waals surface area contributed by atoms with Gasteiger partial charge in [0.15, 0.2) is 18.1 Å². The monoisotopic (exact) mass is 327 g/mol. The van der Waals surface area contributed by atoms with Crippen LogP contribution in [0.15, 0.2) is 54.6 Å². The van der Waals surface area contributed by atoms with Gasteiger partial charge in [-0.05, 0) is 44.5 Å². The summed E-state index contributed by atoms with van der Waals surface area (Å²) in [5, 5.41) is 0. The fourth-order valence-electron chi connectivity index (χ4n) is 2.43. The van der Waals surface area contributed by atoms with Gasteiger partial charge in [0.25, 0.3) is 5.91 Å². The molecule has 128 valence electrons. The van der Waals surface area contributed by atoms with E-state index in [9.17, 15) is 4.79 Å². The van der Waals surface area contributed by atoms with Gasteiger partial charge in [-0.15, -0.1) is 0 Å². The third-order valence-corrected chi connectivity index (χ3v) is 3.48. The molecule has 0 heterocycles. The normalized spacial score (nSPS) is 10.5. The third-order valence-electron chi connectivity index (χ3n) is 3.48. The standard InChI is InChI=1S/C20H25NO3/c1-4-14-23-18-12-8-9-13-19(18)24-15-20(22)21(16(2)3)17-10-6-5-7-11-17/h5-13,16H,4,14-15H2,1-3H3. The van der Waals surface area contributed by atoms with Crippen molar-refractivity contribution in [2.75, 3.05) is 18.1 Å². The van der Waals surface area contributed by atoms with Crippen LogP contribution in [-0.4, -0.2) is 25.2 Å². The maximum Gasteiger partial charge on any atom is 0.265 e. The van der Waals surface area contributed by atoms with Crippen LogP contribution in [0.1, 0.15) is 27.2 Å². The van der Waals surface area contributed by atoms with Crippen molar-refractivity contribution in [3.8, 4) is 11.5 Å². The maximum atomic E-state index is 12.6. The molecule has 0 unspecified atom stereocenters. The number of nitrogens with zero attached hydrogens (tertiary/aromatic N) is 1. The number of amides is 1. The zero-order valence-corrected chi connectivity index (χ0v) is 14.6. The van der Waals surface area contributed by atoms with Crippen LogP contribution in [0.5, 0.6) is 11.5 Å². The minimum absolute atomic E-state index is 0.0282. The van der Waals surface area contributed by atoms with Gasteiger partial charge in [0.05, 0.1) is 6.61 Å². The Bertz CT molecular complexity index is 640. The summed E-state index contributed by atoms with van der Waals surface area (Å²) in [6, 6.07) is 17.1. The van der Waals surface area contributed by atoms with Crippen LogP contribution in [-0.2, 0) is 4.79 Å². The van der Waals surface area contributed by atoms with E-state index in [2.05, 4.69) is 0 Å². The SMILES string of the molecule is CCCOc1ccccc1OCC(=O)N(c1ccccc1)C(C)C. The van der Waals surface area contributed by atoms with E-state index >= 15 is 0 Å². The topological polar surface area (TPSA) is 38.8 Å². The Morgan fingerprint density at radius 2 is 1.54 bits per heavy atom. The fraction of sp³-hybridized carbons (Fsp3) is 0.350. The van der Waals surface area contributed by atoms with E-state index in [-0.39, 0.29) is 18.6 Å². The van der Waals surface area contributed by atoms with E-state index < -0.39 is 0 Å². The Kier molecular flexibility index (Phi) is 6.67. The highest BCUT2D eigenvalue weighted by Gasteiger charge is 2.19. The first-order chi connectivity index (χ1) is 11.6. The Balaban J connectivity index is 2.06. The van der Waals surface area contributed by atoms with Crippen molar-refractivity contribution in [2.45, 2.75) is 33.2 Å². The number of rotatable bonds is 8. The summed E-state index contributed by atoms with van der Waals surface area (Å²) in [5.74, 6) is 1.18. The Morgan fingerprint density at radius 1 is 0.958 bits per heavy atom. The molecule has 0 aliphatic heterocycles. The molecule has 0 saturated heterocycles. The van der Waals surface area contributed by atoms with E-state index in [0.717, 1.165) is 12.1 Å². The van der Waals surface area contributed by atoms with Crippen LogP contribution in [0.4, 0.5) is 5.69 Å². The molecule has 0 fully saturated rings. The maximum absolute atomic E-state index is 12.6. The van der Waals surface area contributed by atoms with Crippen LogP contribution < -0.4 is 14.4 Å². The molecule has 0 atom stereocenters. The molecule has 0 aromatic heterocycles. The summed E-state index contributed by atoms with van der Waals surface area (Å²) >= 11 is 0. The van der Waals surface area contributed by atoms with E-state index in [0.29, 0.717) is 18.1 Å². The number of benzene rings is 2. The first-order valence-corrected chi connectivity index (χ1v) is 8.35. The van der Waals surface area contributed by atoms with Crippen molar-refractivity contribution < 1.29 is 14.3 Å². The molecule has 0 radical (unpaired) electrons. The molecule has 2 aromatic rings. The van der Waals surface area contributed by atoms with Crippen molar-refractivity contribution in [3.05, 3.63) is 54.6 Å². The molecule has 0 aliphatic carbocycles. The van der Waals surface area contributed by atoms with E-state index in [1.165, 1.54) is 0 Å². The Hall–Kier alpha value is -2.49. The smallest absolute Gasteiger partial charge is 0.265 e. The van der Waals surface area contributed by atoms with Crippen LogP contribution >= 0.6 is 0 Å². The number of hydrogen-bond donors (Lipinski definition) is 0. The highest BCUT2D eigenvalue weighted by atomic mass is 16.5. The average molecular weight is 327 g/mol. The number of ether oxygens (including phenoxy) is 2. The second-order valence-corrected chi connectivity index (χ2v) is 5.78. The van der Waals surface area contributed by atoms with Gasteiger partial charge in [-0.25, -0.2) is 0 Å². The zero-order valence-electron chi connectivity index (χ0n) is 14.6. The molecule has 2 rings (SSSR count). The van der Waals surface area contributed by atoms with Gasteiger partial charge in [-0.2, -0.15) is 0 Å². The third kappa shape index (κ3) is 4.75. The number of hydrogen-bond acceptors (Lipinski definition) is 3. The summed E-state index contributed by atoms with van der Waals surface area (Å²) in [5.41, 5.74) is 0.872. The number of para-hydroxylation sites is 3. The molecule has 0 bridgehead atoms. The van der Waals surface area contributed by atoms with Crippen LogP contribution in [0, 0.1) is 0 Å². The van der Waals surface area contributed by atoms with Gasteiger partial charge in [-0.3, -0.25) is 4.79 Å². The number of anilines is 1. The van der Waals surface area contributed by atoms with E-state index in [4.69, 9.17) is 9.47 Å². The zero-order chi connectivity index (χ0) is 17.4. The number of carbonyl (C=O) groups excluding carboxylic acids is 1. The predicted molar refractivity (Wildman–Crippen MR) is 96.8 cm³/mol. The molecule has 0 saturated carbocycles. The molecular weight excluding hydrogens is 302 g/mol. The lowest BCUT2D eigenvalue weighted by atomic mass is 10.2.